The molecule has 0 aliphatic carbocycles. The van der Waals surface area contributed by atoms with E-state index >= 15 is 0 Å². The quantitative estimate of drug-likeness (QED) is 0.767. The van der Waals surface area contributed by atoms with E-state index in [1.54, 1.807) is 12.1 Å². The Labute approximate surface area is 107 Å². The van der Waals surface area contributed by atoms with Crippen LogP contribution in [0.5, 0.6) is 0 Å². The van der Waals surface area contributed by atoms with Crippen molar-refractivity contribution in [2.75, 3.05) is 26.3 Å². The van der Waals surface area contributed by atoms with Crippen LogP contribution in [0.2, 0.25) is 0 Å². The van der Waals surface area contributed by atoms with E-state index in [-0.39, 0.29) is 19.0 Å². The summed E-state index contributed by atoms with van der Waals surface area (Å²) in [5, 5.41) is 17.5. The lowest BCUT2D eigenvalue weighted by atomic mass is 10.1. The summed E-state index contributed by atoms with van der Waals surface area (Å²) in [6.45, 7) is 3.87. The third-order valence-electron chi connectivity index (χ3n) is 2.60. The second-order valence-corrected chi connectivity index (χ2v) is 3.87. The van der Waals surface area contributed by atoms with Gasteiger partial charge in [-0.2, -0.15) is 0 Å². The third kappa shape index (κ3) is 4.46. The predicted octanol–water partition coefficient (Wildman–Crippen LogP) is 0.984. The molecule has 1 aromatic carbocycles. The van der Waals surface area contributed by atoms with Crippen LogP contribution >= 0.6 is 0 Å². The van der Waals surface area contributed by atoms with Gasteiger partial charge in [0.25, 0.3) is 0 Å². The summed E-state index contributed by atoms with van der Waals surface area (Å²) in [6, 6.07) is 4.76. The minimum absolute atomic E-state index is 0.103. The second kappa shape index (κ2) is 7.83. The molecule has 0 radical (unpaired) electrons. The summed E-state index contributed by atoms with van der Waals surface area (Å²) in [5.41, 5.74) is 1.23. The first kappa shape index (κ1) is 14.7. The lowest BCUT2D eigenvalue weighted by Crippen LogP contribution is -2.26. The Morgan fingerprint density at radius 3 is 2.72 bits per heavy atom. The van der Waals surface area contributed by atoms with Crippen LogP contribution in [-0.4, -0.2) is 41.4 Å². The Hall–Kier alpha value is -1.41. The zero-order valence-electron chi connectivity index (χ0n) is 10.5. The van der Waals surface area contributed by atoms with E-state index in [1.807, 2.05) is 6.92 Å². The van der Waals surface area contributed by atoms with Crippen molar-refractivity contribution in [3.63, 3.8) is 0 Å². The van der Waals surface area contributed by atoms with Crippen molar-refractivity contribution in [2.45, 2.75) is 13.5 Å². The van der Waals surface area contributed by atoms with E-state index < -0.39 is 0 Å². The number of hydrogen-bond acceptors (Lipinski definition) is 3. The van der Waals surface area contributed by atoms with Crippen molar-refractivity contribution >= 4 is 0 Å². The maximum absolute atomic E-state index is 13.4. The van der Waals surface area contributed by atoms with Gasteiger partial charge < -0.3 is 10.2 Å². The number of aliphatic hydroxyl groups excluding tert-OH is 2. The Morgan fingerprint density at radius 2 is 2.11 bits per heavy atom. The second-order valence-electron chi connectivity index (χ2n) is 3.87. The SMILES string of the molecule is CCN(CCO)Cc1ccc(F)c(C#CCO)c1. The number of hydrogen-bond donors (Lipinski definition) is 2. The van der Waals surface area contributed by atoms with Crippen molar-refractivity contribution in [3.8, 4) is 11.8 Å². The van der Waals surface area contributed by atoms with Crippen molar-refractivity contribution in [1.82, 2.24) is 4.90 Å². The molecule has 0 aliphatic rings. The van der Waals surface area contributed by atoms with Crippen molar-refractivity contribution in [2.24, 2.45) is 0 Å². The maximum Gasteiger partial charge on any atom is 0.138 e. The lowest BCUT2D eigenvalue weighted by molar-refractivity contribution is 0.197. The number of halogens is 1. The zero-order chi connectivity index (χ0) is 13.4. The summed E-state index contributed by atoms with van der Waals surface area (Å²) in [4.78, 5) is 2.05. The first-order valence-corrected chi connectivity index (χ1v) is 5.92. The standard InChI is InChI=1S/C14H18FNO2/c1-2-16(7-9-18)11-12-5-6-14(15)13(10-12)4-3-8-17/h5-6,10,17-18H,2,7-9,11H2,1H3. The summed E-state index contributed by atoms with van der Waals surface area (Å²) in [7, 11) is 0. The van der Waals surface area contributed by atoms with Gasteiger partial charge in [-0.3, -0.25) is 4.90 Å². The van der Waals surface area contributed by atoms with Gasteiger partial charge in [0.1, 0.15) is 12.4 Å². The molecule has 0 unspecified atom stereocenters. The molecule has 98 valence electrons. The molecule has 1 rings (SSSR count). The Bertz CT molecular complexity index is 437. The highest BCUT2D eigenvalue weighted by Crippen LogP contribution is 2.11. The van der Waals surface area contributed by atoms with E-state index in [1.165, 1.54) is 6.07 Å². The molecule has 0 bridgehead atoms. The van der Waals surface area contributed by atoms with Crippen LogP contribution in [0.4, 0.5) is 4.39 Å². The van der Waals surface area contributed by atoms with Gasteiger partial charge in [0.15, 0.2) is 0 Å². The zero-order valence-corrected chi connectivity index (χ0v) is 10.5. The van der Waals surface area contributed by atoms with E-state index in [9.17, 15) is 4.39 Å². The first-order valence-electron chi connectivity index (χ1n) is 5.92. The van der Waals surface area contributed by atoms with Gasteiger partial charge in [0, 0.05) is 13.1 Å². The normalized spacial score (nSPS) is 10.3. The Morgan fingerprint density at radius 1 is 1.33 bits per heavy atom. The monoisotopic (exact) mass is 251 g/mol. The summed E-state index contributed by atoms with van der Waals surface area (Å²) < 4.78 is 13.4. The van der Waals surface area contributed by atoms with E-state index in [0.717, 1.165) is 12.1 Å². The molecule has 0 heterocycles. The average Bonchev–Trinajstić information content (AvgIpc) is 2.38. The van der Waals surface area contributed by atoms with Crippen LogP contribution in [0.25, 0.3) is 0 Å². The first-order chi connectivity index (χ1) is 8.71. The molecule has 1 aromatic rings. The summed E-state index contributed by atoms with van der Waals surface area (Å²) in [6.07, 6.45) is 0. The molecule has 4 heteroatoms. The van der Waals surface area contributed by atoms with Crippen LogP contribution in [0, 0.1) is 17.7 Å². The van der Waals surface area contributed by atoms with Crippen molar-refractivity contribution in [3.05, 3.63) is 35.1 Å². The van der Waals surface area contributed by atoms with E-state index in [2.05, 4.69) is 16.7 Å². The van der Waals surface area contributed by atoms with Gasteiger partial charge in [-0.05, 0) is 24.2 Å². The van der Waals surface area contributed by atoms with Gasteiger partial charge >= 0.3 is 0 Å². The van der Waals surface area contributed by atoms with Crippen molar-refractivity contribution in [1.29, 1.82) is 0 Å². The van der Waals surface area contributed by atoms with Crippen LogP contribution < -0.4 is 0 Å². The largest absolute Gasteiger partial charge is 0.395 e. The molecule has 0 fully saturated rings. The lowest BCUT2D eigenvalue weighted by Gasteiger charge is -2.19. The fraction of sp³-hybridized carbons (Fsp3) is 0.429. The minimum atomic E-state index is -0.384. The van der Waals surface area contributed by atoms with Crippen molar-refractivity contribution < 1.29 is 14.6 Å². The van der Waals surface area contributed by atoms with Crippen LogP contribution in [0.15, 0.2) is 18.2 Å². The molecule has 3 nitrogen and oxygen atoms in total. The summed E-state index contributed by atoms with van der Waals surface area (Å²) >= 11 is 0. The average molecular weight is 251 g/mol. The molecule has 0 atom stereocenters. The van der Waals surface area contributed by atoms with Crippen LogP contribution in [-0.2, 0) is 6.54 Å². The number of likely N-dealkylation sites (N-methyl/N-ethyl adjacent to an activating group) is 1. The number of nitrogens with zero attached hydrogens (tertiary/aromatic N) is 1. The number of rotatable bonds is 5. The molecule has 0 aliphatic heterocycles. The minimum Gasteiger partial charge on any atom is -0.395 e. The van der Waals surface area contributed by atoms with Gasteiger partial charge in [0.2, 0.25) is 0 Å². The molecule has 0 amide bonds. The third-order valence-corrected chi connectivity index (χ3v) is 2.60. The summed E-state index contributed by atoms with van der Waals surface area (Å²) in [5.74, 6) is 4.64. The highest BCUT2D eigenvalue weighted by Gasteiger charge is 2.05. The van der Waals surface area contributed by atoms with Gasteiger partial charge in [0.05, 0.1) is 12.2 Å². The van der Waals surface area contributed by atoms with E-state index in [0.29, 0.717) is 18.7 Å². The fourth-order valence-corrected chi connectivity index (χ4v) is 1.65. The highest BCUT2D eigenvalue weighted by atomic mass is 19.1. The molecule has 18 heavy (non-hydrogen) atoms. The van der Waals surface area contributed by atoms with Gasteiger partial charge in [-0.15, -0.1) is 0 Å². The fourth-order valence-electron chi connectivity index (χ4n) is 1.65. The molecule has 0 saturated carbocycles. The molecular formula is C14H18FNO2. The molecular weight excluding hydrogens is 233 g/mol. The van der Waals surface area contributed by atoms with E-state index in [4.69, 9.17) is 10.2 Å². The molecule has 0 saturated heterocycles. The predicted molar refractivity (Wildman–Crippen MR) is 68.4 cm³/mol. The van der Waals surface area contributed by atoms with Crippen LogP contribution in [0.3, 0.4) is 0 Å². The highest BCUT2D eigenvalue weighted by molar-refractivity contribution is 5.38. The van der Waals surface area contributed by atoms with Crippen LogP contribution in [0.1, 0.15) is 18.1 Å². The number of aliphatic hydroxyl groups is 2. The smallest absolute Gasteiger partial charge is 0.138 e. The molecule has 0 aromatic heterocycles. The maximum atomic E-state index is 13.4. The van der Waals surface area contributed by atoms with Gasteiger partial charge in [-0.1, -0.05) is 24.8 Å². The van der Waals surface area contributed by atoms with Gasteiger partial charge in [-0.25, -0.2) is 4.39 Å². The molecule has 2 N–H and O–H groups in total. The Balaban J connectivity index is 2.83. The topological polar surface area (TPSA) is 43.7 Å². The number of benzene rings is 1. The molecule has 0 spiro atoms. The Kier molecular flexibility index (Phi) is 6.37.